The molecule has 0 aliphatic rings. The van der Waals surface area contributed by atoms with E-state index in [0.717, 1.165) is 21.4 Å². The number of nitrogens with zero attached hydrogens (tertiary/aromatic N) is 3. The molecular formula is C12H10N4S2. The van der Waals surface area contributed by atoms with Gasteiger partial charge in [0.05, 0.1) is 5.69 Å². The van der Waals surface area contributed by atoms with Crippen LogP contribution in [0.3, 0.4) is 0 Å². The summed E-state index contributed by atoms with van der Waals surface area (Å²) in [5, 5.41) is 9.67. The summed E-state index contributed by atoms with van der Waals surface area (Å²) < 4.78 is 0.952. The van der Waals surface area contributed by atoms with E-state index < -0.39 is 0 Å². The van der Waals surface area contributed by atoms with Gasteiger partial charge in [-0.3, -0.25) is 5.10 Å². The third-order valence-corrected chi connectivity index (χ3v) is 4.11. The molecule has 0 atom stereocenters. The van der Waals surface area contributed by atoms with E-state index in [2.05, 4.69) is 37.7 Å². The molecule has 1 aromatic carbocycles. The van der Waals surface area contributed by atoms with Crippen LogP contribution in [-0.2, 0) is 0 Å². The molecule has 0 spiro atoms. The number of rotatable bonds is 3. The van der Waals surface area contributed by atoms with Crippen molar-refractivity contribution in [3.05, 3.63) is 41.5 Å². The van der Waals surface area contributed by atoms with Crippen LogP contribution in [0.5, 0.6) is 0 Å². The molecule has 2 aromatic heterocycles. The normalized spacial score (nSPS) is 10.7. The summed E-state index contributed by atoms with van der Waals surface area (Å²) in [4.78, 5) is 8.82. The molecule has 6 heteroatoms. The molecule has 0 aliphatic carbocycles. The second-order valence-corrected chi connectivity index (χ2v) is 5.74. The molecule has 2 heterocycles. The fraction of sp³-hybridized carbons (Fsp3) is 0.0833. The van der Waals surface area contributed by atoms with Crippen LogP contribution < -0.4 is 0 Å². The lowest BCUT2D eigenvalue weighted by Crippen LogP contribution is -1.78. The highest BCUT2D eigenvalue weighted by atomic mass is 32.2. The Labute approximate surface area is 113 Å². The highest BCUT2D eigenvalue weighted by Crippen LogP contribution is 2.31. The maximum absolute atomic E-state index is 4.57. The minimum Gasteiger partial charge on any atom is -0.262 e. The Morgan fingerprint density at radius 3 is 2.72 bits per heavy atom. The van der Waals surface area contributed by atoms with Gasteiger partial charge < -0.3 is 0 Å². The zero-order chi connectivity index (χ0) is 12.4. The van der Waals surface area contributed by atoms with E-state index in [1.165, 1.54) is 11.8 Å². The summed E-state index contributed by atoms with van der Waals surface area (Å²) in [5.74, 6) is 0.817. The molecule has 4 nitrogen and oxygen atoms in total. The summed E-state index contributed by atoms with van der Waals surface area (Å²) in [6, 6.07) is 10.1. The number of hydrogen-bond donors (Lipinski definition) is 1. The van der Waals surface area contributed by atoms with E-state index in [1.807, 2.05) is 25.1 Å². The van der Waals surface area contributed by atoms with Gasteiger partial charge >= 0.3 is 0 Å². The van der Waals surface area contributed by atoms with E-state index >= 15 is 0 Å². The first-order chi connectivity index (χ1) is 8.81. The third kappa shape index (κ3) is 2.44. The lowest BCUT2D eigenvalue weighted by molar-refractivity contribution is 0.968. The Hall–Kier alpha value is -1.66. The molecule has 0 bridgehead atoms. The molecule has 1 N–H and O–H groups in total. The molecule has 0 radical (unpaired) electrons. The van der Waals surface area contributed by atoms with Crippen LogP contribution in [0.1, 0.15) is 5.82 Å². The molecule has 3 rings (SSSR count). The number of aromatic nitrogens is 4. The standard InChI is InChI=1S/C12H10N4S2/c1-8-13-11(16-15-8)18-12-14-10(7-17-12)9-5-3-2-4-6-9/h2-7H,1H3,(H,13,15,16). The average Bonchev–Trinajstić information content (AvgIpc) is 3.01. The zero-order valence-corrected chi connectivity index (χ0v) is 11.3. The quantitative estimate of drug-likeness (QED) is 0.795. The molecule has 0 amide bonds. The first kappa shape index (κ1) is 11.4. The molecule has 90 valence electrons. The van der Waals surface area contributed by atoms with Gasteiger partial charge in [0.25, 0.3) is 0 Å². The molecule has 0 unspecified atom stereocenters. The number of thiazole rings is 1. The summed E-state index contributed by atoms with van der Waals surface area (Å²) in [6.07, 6.45) is 0. The number of benzene rings is 1. The molecule has 0 saturated carbocycles. The van der Waals surface area contributed by atoms with Crippen molar-refractivity contribution in [2.45, 2.75) is 16.4 Å². The van der Waals surface area contributed by atoms with Crippen molar-refractivity contribution in [3.8, 4) is 11.3 Å². The highest BCUT2D eigenvalue weighted by molar-refractivity contribution is 8.00. The van der Waals surface area contributed by atoms with Crippen molar-refractivity contribution in [1.29, 1.82) is 0 Å². The zero-order valence-electron chi connectivity index (χ0n) is 9.62. The van der Waals surface area contributed by atoms with Gasteiger partial charge in [-0.15, -0.1) is 16.4 Å². The van der Waals surface area contributed by atoms with Gasteiger partial charge in [0.2, 0.25) is 5.16 Å². The monoisotopic (exact) mass is 274 g/mol. The lowest BCUT2D eigenvalue weighted by Gasteiger charge is -1.93. The van der Waals surface area contributed by atoms with Gasteiger partial charge in [-0.05, 0) is 18.7 Å². The summed E-state index contributed by atoms with van der Waals surface area (Å²) in [6.45, 7) is 1.88. The Kier molecular flexibility index (Phi) is 3.12. The van der Waals surface area contributed by atoms with Gasteiger partial charge in [-0.1, -0.05) is 30.3 Å². The number of H-pyrrole nitrogens is 1. The fourth-order valence-electron chi connectivity index (χ4n) is 1.49. The SMILES string of the molecule is Cc1nc(Sc2nc(-c3ccccc3)cs2)n[nH]1. The van der Waals surface area contributed by atoms with E-state index in [4.69, 9.17) is 0 Å². The number of aryl methyl sites for hydroxylation is 1. The van der Waals surface area contributed by atoms with Crippen molar-refractivity contribution < 1.29 is 0 Å². The van der Waals surface area contributed by atoms with Gasteiger partial charge in [-0.2, -0.15) is 0 Å². The van der Waals surface area contributed by atoms with E-state index in [-0.39, 0.29) is 0 Å². The highest BCUT2D eigenvalue weighted by Gasteiger charge is 2.08. The predicted octanol–water partition coefficient (Wildman–Crippen LogP) is 3.39. The van der Waals surface area contributed by atoms with Crippen LogP contribution in [0.2, 0.25) is 0 Å². The summed E-state index contributed by atoms with van der Waals surface area (Å²) >= 11 is 3.08. The molecule has 3 aromatic rings. The van der Waals surface area contributed by atoms with Crippen LogP contribution in [0.15, 0.2) is 45.2 Å². The second kappa shape index (κ2) is 4.91. The van der Waals surface area contributed by atoms with Crippen LogP contribution in [-0.4, -0.2) is 20.2 Å². The second-order valence-electron chi connectivity index (χ2n) is 3.67. The maximum atomic E-state index is 4.57. The summed E-state index contributed by atoms with van der Waals surface area (Å²) in [7, 11) is 0. The molecule has 0 aliphatic heterocycles. The smallest absolute Gasteiger partial charge is 0.215 e. The minimum atomic E-state index is 0.710. The first-order valence-electron chi connectivity index (χ1n) is 5.39. The topological polar surface area (TPSA) is 54.5 Å². The van der Waals surface area contributed by atoms with Gasteiger partial charge in [0, 0.05) is 10.9 Å². The molecule has 0 fully saturated rings. The largest absolute Gasteiger partial charge is 0.262 e. The minimum absolute atomic E-state index is 0.710. The molecule has 18 heavy (non-hydrogen) atoms. The Bertz CT molecular complexity index is 645. The fourth-order valence-corrected chi connectivity index (χ4v) is 3.18. The van der Waals surface area contributed by atoms with E-state index in [1.54, 1.807) is 11.3 Å². The summed E-state index contributed by atoms with van der Waals surface area (Å²) in [5.41, 5.74) is 2.13. The van der Waals surface area contributed by atoms with Crippen LogP contribution >= 0.6 is 23.1 Å². The van der Waals surface area contributed by atoms with Gasteiger partial charge in [-0.25, -0.2) is 9.97 Å². The number of hydrogen-bond acceptors (Lipinski definition) is 5. The lowest BCUT2D eigenvalue weighted by atomic mass is 10.2. The van der Waals surface area contributed by atoms with E-state index in [9.17, 15) is 0 Å². The Morgan fingerprint density at radius 2 is 2.00 bits per heavy atom. The van der Waals surface area contributed by atoms with Crippen LogP contribution in [0, 0.1) is 6.92 Å². The number of aromatic amines is 1. The van der Waals surface area contributed by atoms with E-state index in [0.29, 0.717) is 5.16 Å². The third-order valence-electron chi connectivity index (χ3n) is 2.31. The molecule has 0 saturated heterocycles. The molecular weight excluding hydrogens is 264 g/mol. The van der Waals surface area contributed by atoms with Crippen molar-refractivity contribution in [3.63, 3.8) is 0 Å². The maximum Gasteiger partial charge on any atom is 0.215 e. The van der Waals surface area contributed by atoms with Crippen molar-refractivity contribution in [2.24, 2.45) is 0 Å². The van der Waals surface area contributed by atoms with Crippen LogP contribution in [0.4, 0.5) is 0 Å². The average molecular weight is 274 g/mol. The van der Waals surface area contributed by atoms with Crippen molar-refractivity contribution >= 4 is 23.1 Å². The van der Waals surface area contributed by atoms with Gasteiger partial charge in [0.1, 0.15) is 5.82 Å². The number of nitrogens with one attached hydrogen (secondary N) is 1. The predicted molar refractivity (Wildman–Crippen MR) is 72.8 cm³/mol. The van der Waals surface area contributed by atoms with Gasteiger partial charge in [0.15, 0.2) is 4.34 Å². The van der Waals surface area contributed by atoms with Crippen molar-refractivity contribution in [2.75, 3.05) is 0 Å². The first-order valence-corrected chi connectivity index (χ1v) is 7.09. The Balaban J connectivity index is 1.82. The van der Waals surface area contributed by atoms with Crippen LogP contribution in [0.25, 0.3) is 11.3 Å². The van der Waals surface area contributed by atoms with Crippen molar-refractivity contribution in [1.82, 2.24) is 20.2 Å². The Morgan fingerprint density at radius 1 is 1.17 bits per heavy atom.